The van der Waals surface area contributed by atoms with Crippen LogP contribution >= 0.6 is 0 Å². The Morgan fingerprint density at radius 2 is 1.86 bits per heavy atom. The highest BCUT2D eigenvalue weighted by atomic mass is 19.3. The van der Waals surface area contributed by atoms with Gasteiger partial charge >= 0.3 is 6.61 Å². The molecule has 14 heavy (non-hydrogen) atoms. The van der Waals surface area contributed by atoms with Gasteiger partial charge in [-0.15, -0.1) is 0 Å². The molecular formula is C10H9F2NO. The first-order chi connectivity index (χ1) is 6.54. The summed E-state index contributed by atoms with van der Waals surface area (Å²) in [5.41, 5.74) is 1.83. The summed E-state index contributed by atoms with van der Waals surface area (Å²) in [6, 6.07) is 4.79. The van der Waals surface area contributed by atoms with Crippen LogP contribution in [0.3, 0.4) is 0 Å². The van der Waals surface area contributed by atoms with Gasteiger partial charge in [0.05, 0.1) is 5.56 Å². The lowest BCUT2D eigenvalue weighted by molar-refractivity contribution is -0.0500. The number of nitriles is 1. The quantitative estimate of drug-likeness (QED) is 0.730. The van der Waals surface area contributed by atoms with Gasteiger partial charge in [0.25, 0.3) is 0 Å². The van der Waals surface area contributed by atoms with E-state index in [0.29, 0.717) is 0 Å². The van der Waals surface area contributed by atoms with Gasteiger partial charge in [0.1, 0.15) is 11.8 Å². The van der Waals surface area contributed by atoms with Gasteiger partial charge in [-0.05, 0) is 37.1 Å². The molecule has 0 atom stereocenters. The van der Waals surface area contributed by atoms with Gasteiger partial charge in [-0.2, -0.15) is 14.0 Å². The minimum absolute atomic E-state index is 0.0643. The Kier molecular flexibility index (Phi) is 3.03. The molecule has 0 heterocycles. The molecule has 0 aliphatic rings. The van der Waals surface area contributed by atoms with Crippen molar-refractivity contribution < 1.29 is 13.5 Å². The van der Waals surface area contributed by atoms with Gasteiger partial charge < -0.3 is 4.74 Å². The number of benzene rings is 1. The molecular weight excluding hydrogens is 188 g/mol. The molecule has 2 nitrogen and oxygen atoms in total. The van der Waals surface area contributed by atoms with Crippen LogP contribution in [-0.2, 0) is 0 Å². The van der Waals surface area contributed by atoms with Crippen molar-refractivity contribution in [2.75, 3.05) is 0 Å². The molecule has 0 radical (unpaired) electrons. The molecule has 0 N–H and O–H groups in total. The number of halogens is 2. The van der Waals surface area contributed by atoms with E-state index in [2.05, 4.69) is 4.74 Å². The fourth-order valence-corrected chi connectivity index (χ4v) is 1.07. The fourth-order valence-electron chi connectivity index (χ4n) is 1.07. The lowest BCUT2D eigenvalue weighted by Crippen LogP contribution is -2.04. The summed E-state index contributed by atoms with van der Waals surface area (Å²) in [5, 5.41) is 8.67. The first kappa shape index (κ1) is 10.5. The predicted octanol–water partition coefficient (Wildman–Crippen LogP) is 2.78. The molecule has 0 spiro atoms. The van der Waals surface area contributed by atoms with Crippen molar-refractivity contribution in [2.45, 2.75) is 20.5 Å². The van der Waals surface area contributed by atoms with Crippen molar-refractivity contribution in [1.29, 1.82) is 5.26 Å². The average molecular weight is 197 g/mol. The van der Waals surface area contributed by atoms with Gasteiger partial charge in [0.2, 0.25) is 0 Å². The van der Waals surface area contributed by atoms with Crippen LogP contribution in [0.2, 0.25) is 0 Å². The molecule has 0 aliphatic carbocycles. The summed E-state index contributed by atoms with van der Waals surface area (Å²) in [4.78, 5) is 0. The lowest BCUT2D eigenvalue weighted by atomic mass is 10.1. The number of rotatable bonds is 2. The number of hydrogen-bond donors (Lipinski definition) is 0. The largest absolute Gasteiger partial charge is 0.433 e. The molecule has 0 fully saturated rings. The van der Waals surface area contributed by atoms with E-state index in [1.807, 2.05) is 13.0 Å². The molecule has 1 aromatic rings. The van der Waals surface area contributed by atoms with Gasteiger partial charge in [-0.3, -0.25) is 0 Å². The molecule has 0 unspecified atom stereocenters. The van der Waals surface area contributed by atoms with E-state index in [1.54, 1.807) is 6.92 Å². The molecule has 1 aromatic carbocycles. The Labute approximate surface area is 80.7 Å². The maximum atomic E-state index is 11.9. The number of ether oxygens (including phenoxy) is 1. The maximum Gasteiger partial charge on any atom is 0.387 e. The molecule has 0 aromatic heterocycles. The van der Waals surface area contributed by atoms with Crippen LogP contribution in [0.25, 0.3) is 0 Å². The molecule has 0 bridgehead atoms. The highest BCUT2D eigenvalue weighted by molar-refractivity contribution is 5.48. The van der Waals surface area contributed by atoms with Gasteiger partial charge in [-0.1, -0.05) is 0 Å². The van der Waals surface area contributed by atoms with Crippen molar-refractivity contribution in [2.24, 2.45) is 0 Å². The summed E-state index contributed by atoms with van der Waals surface area (Å²) in [5.74, 6) is -0.0643. The molecule has 74 valence electrons. The SMILES string of the molecule is Cc1cc(C#N)c(OC(F)F)cc1C. The van der Waals surface area contributed by atoms with Crippen molar-refractivity contribution >= 4 is 0 Å². The van der Waals surface area contributed by atoms with Crippen molar-refractivity contribution in [3.8, 4) is 11.8 Å². The third-order valence-corrected chi connectivity index (χ3v) is 1.93. The van der Waals surface area contributed by atoms with Gasteiger partial charge in [-0.25, -0.2) is 0 Å². The normalized spacial score (nSPS) is 10.0. The highest BCUT2D eigenvalue weighted by Gasteiger charge is 2.10. The summed E-state index contributed by atoms with van der Waals surface area (Å²) in [6.45, 7) is 0.682. The van der Waals surface area contributed by atoms with E-state index in [0.717, 1.165) is 11.1 Å². The van der Waals surface area contributed by atoms with Crippen molar-refractivity contribution in [3.63, 3.8) is 0 Å². The molecule has 4 heteroatoms. The van der Waals surface area contributed by atoms with Crippen molar-refractivity contribution in [3.05, 3.63) is 28.8 Å². The minimum atomic E-state index is -2.90. The van der Waals surface area contributed by atoms with Crippen LogP contribution in [0.1, 0.15) is 16.7 Å². The summed E-state index contributed by atoms with van der Waals surface area (Å²) in [6.07, 6.45) is 0. The summed E-state index contributed by atoms with van der Waals surface area (Å²) in [7, 11) is 0. The number of alkyl halides is 2. The van der Waals surface area contributed by atoms with Crippen LogP contribution in [-0.4, -0.2) is 6.61 Å². The lowest BCUT2D eigenvalue weighted by Gasteiger charge is -2.08. The molecule has 0 saturated heterocycles. The van der Waals surface area contributed by atoms with Crippen LogP contribution in [0.4, 0.5) is 8.78 Å². The van der Waals surface area contributed by atoms with Crippen LogP contribution in [0, 0.1) is 25.2 Å². The third kappa shape index (κ3) is 2.19. The Balaban J connectivity index is 3.15. The second kappa shape index (κ2) is 4.05. The number of nitrogens with zero attached hydrogens (tertiary/aromatic N) is 1. The van der Waals surface area contributed by atoms with Crippen molar-refractivity contribution in [1.82, 2.24) is 0 Å². The summed E-state index contributed by atoms with van der Waals surface area (Å²) < 4.78 is 28.1. The van der Waals surface area contributed by atoms with E-state index in [-0.39, 0.29) is 11.3 Å². The van der Waals surface area contributed by atoms with E-state index in [9.17, 15) is 8.78 Å². The average Bonchev–Trinajstić information content (AvgIpc) is 2.10. The minimum Gasteiger partial charge on any atom is -0.433 e. The molecule has 1 rings (SSSR count). The monoisotopic (exact) mass is 197 g/mol. The van der Waals surface area contributed by atoms with E-state index < -0.39 is 6.61 Å². The Hall–Kier alpha value is -1.63. The van der Waals surface area contributed by atoms with E-state index in [1.165, 1.54) is 12.1 Å². The Bertz CT molecular complexity index is 382. The van der Waals surface area contributed by atoms with Gasteiger partial charge in [0, 0.05) is 0 Å². The first-order valence-electron chi connectivity index (χ1n) is 4.00. The molecule has 0 amide bonds. The standard InChI is InChI=1S/C10H9F2NO/c1-6-3-8(5-13)9(4-7(6)2)14-10(11)12/h3-4,10H,1-2H3. The first-order valence-corrected chi connectivity index (χ1v) is 4.00. The smallest absolute Gasteiger partial charge is 0.387 e. The summed E-state index contributed by atoms with van der Waals surface area (Å²) >= 11 is 0. The zero-order valence-corrected chi connectivity index (χ0v) is 7.84. The van der Waals surface area contributed by atoms with Gasteiger partial charge in [0.15, 0.2) is 0 Å². The Morgan fingerprint density at radius 3 is 2.36 bits per heavy atom. The second-order valence-electron chi connectivity index (χ2n) is 2.92. The predicted molar refractivity (Wildman–Crippen MR) is 47.3 cm³/mol. The molecule has 0 aliphatic heterocycles. The highest BCUT2D eigenvalue weighted by Crippen LogP contribution is 2.23. The number of aryl methyl sites for hydroxylation is 2. The van der Waals surface area contributed by atoms with E-state index in [4.69, 9.17) is 5.26 Å². The zero-order valence-electron chi connectivity index (χ0n) is 7.84. The number of hydrogen-bond acceptors (Lipinski definition) is 2. The second-order valence-corrected chi connectivity index (χ2v) is 2.92. The zero-order chi connectivity index (χ0) is 10.7. The van der Waals surface area contributed by atoms with Crippen LogP contribution < -0.4 is 4.74 Å². The maximum absolute atomic E-state index is 11.9. The fraction of sp³-hybridized carbons (Fsp3) is 0.300. The molecule has 0 saturated carbocycles. The van der Waals surface area contributed by atoms with E-state index >= 15 is 0 Å². The topological polar surface area (TPSA) is 33.0 Å². The Morgan fingerprint density at radius 1 is 1.29 bits per heavy atom. The van der Waals surface area contributed by atoms with Crippen LogP contribution in [0.5, 0.6) is 5.75 Å². The third-order valence-electron chi connectivity index (χ3n) is 1.93. The van der Waals surface area contributed by atoms with Crippen LogP contribution in [0.15, 0.2) is 12.1 Å².